The van der Waals surface area contributed by atoms with Gasteiger partial charge >= 0.3 is 6.30 Å². The average Bonchev–Trinajstić information content (AvgIpc) is 2.17. The van der Waals surface area contributed by atoms with Gasteiger partial charge in [-0.2, -0.15) is 0 Å². The van der Waals surface area contributed by atoms with Crippen LogP contribution in [0.4, 0.5) is 13.2 Å². The zero-order chi connectivity index (χ0) is 11.3. The number of pyridine rings is 1. The van der Waals surface area contributed by atoms with Crippen LogP contribution < -0.4 is 4.57 Å². The molecule has 0 aliphatic carbocycles. The van der Waals surface area contributed by atoms with Crippen LogP contribution >= 0.6 is 0 Å². The normalized spacial score (nSPS) is 11.7. The number of rotatable bonds is 4. The Kier molecular flexibility index (Phi) is 4.12. The monoisotopic (exact) mass is 218 g/mol. The van der Waals surface area contributed by atoms with Gasteiger partial charge in [0.25, 0.3) is 0 Å². The van der Waals surface area contributed by atoms with Crippen LogP contribution in [0.3, 0.4) is 0 Å². The molecule has 0 fully saturated rings. The van der Waals surface area contributed by atoms with Crippen molar-refractivity contribution in [2.24, 2.45) is 0 Å². The van der Waals surface area contributed by atoms with E-state index in [2.05, 4.69) is 0 Å². The third-order valence-electron chi connectivity index (χ3n) is 2.25. The molecule has 0 saturated carbocycles. The van der Waals surface area contributed by atoms with Crippen LogP contribution in [0.2, 0.25) is 0 Å². The van der Waals surface area contributed by atoms with Gasteiger partial charge in [0.15, 0.2) is 11.9 Å². The molecular formula is C11H15F3N+. The number of halogens is 3. The topological polar surface area (TPSA) is 3.88 Å². The van der Waals surface area contributed by atoms with Crippen molar-refractivity contribution in [1.82, 2.24) is 0 Å². The highest BCUT2D eigenvalue weighted by molar-refractivity contribution is 4.97. The lowest BCUT2D eigenvalue weighted by atomic mass is 10.1. The van der Waals surface area contributed by atoms with E-state index in [-0.39, 0.29) is 0 Å². The lowest BCUT2D eigenvalue weighted by Gasteiger charge is -2.04. The molecule has 15 heavy (non-hydrogen) atoms. The van der Waals surface area contributed by atoms with E-state index in [0.29, 0.717) is 16.7 Å². The van der Waals surface area contributed by atoms with E-state index in [9.17, 15) is 13.2 Å². The smallest absolute Gasteiger partial charge is 0.106 e. The Morgan fingerprint density at radius 3 is 2.53 bits per heavy atom. The Morgan fingerprint density at radius 2 is 1.93 bits per heavy atom. The zero-order valence-electron chi connectivity index (χ0n) is 8.72. The van der Waals surface area contributed by atoms with Gasteiger partial charge in [-0.15, -0.1) is 17.7 Å². The number of nitrogens with zero attached hydrogens (tertiary/aromatic N) is 1. The quantitative estimate of drug-likeness (QED) is 0.539. The predicted octanol–water partition coefficient (Wildman–Crippen LogP) is 3.18. The number of hydrogen-bond donors (Lipinski definition) is 0. The van der Waals surface area contributed by atoms with Crippen LogP contribution in [0, 0.1) is 0 Å². The van der Waals surface area contributed by atoms with E-state index < -0.39 is 6.30 Å². The Hall–Kier alpha value is -1.06. The van der Waals surface area contributed by atoms with Crippen LogP contribution in [0.25, 0.3) is 0 Å². The Balaban J connectivity index is 2.78. The Morgan fingerprint density at radius 1 is 1.20 bits per heavy atom. The molecule has 0 aliphatic heterocycles. The van der Waals surface area contributed by atoms with Gasteiger partial charge in [0, 0.05) is 18.6 Å². The molecule has 1 aromatic heterocycles. The summed E-state index contributed by atoms with van der Waals surface area (Å²) in [6.07, 6.45) is 0.0282. The zero-order valence-corrected chi connectivity index (χ0v) is 8.72. The van der Waals surface area contributed by atoms with Crippen molar-refractivity contribution in [2.45, 2.75) is 38.9 Å². The fourth-order valence-corrected chi connectivity index (χ4v) is 1.49. The van der Waals surface area contributed by atoms with Gasteiger partial charge in [-0.3, -0.25) is 0 Å². The second kappa shape index (κ2) is 5.14. The molecule has 0 saturated heterocycles. The summed E-state index contributed by atoms with van der Waals surface area (Å²) in [5.74, 6) is 0. The Bertz CT molecular complexity index is 307. The largest absolute Gasteiger partial charge is 0.638 e. The second-order valence-corrected chi connectivity index (χ2v) is 3.49. The van der Waals surface area contributed by atoms with Crippen molar-refractivity contribution in [3.8, 4) is 0 Å². The number of aryl methyl sites for hydroxylation is 1. The minimum absolute atomic E-state index is 0.332. The summed E-state index contributed by atoms with van der Waals surface area (Å²) in [5.41, 5.74) is 0.332. The number of unbranched alkanes of at least 4 members (excludes halogenated alkanes) is 2. The first kappa shape index (κ1) is 12.0. The molecule has 4 heteroatoms. The average molecular weight is 218 g/mol. The predicted molar refractivity (Wildman–Crippen MR) is 51.2 cm³/mol. The number of alkyl halides is 3. The summed E-state index contributed by atoms with van der Waals surface area (Å²) >= 11 is 0. The van der Waals surface area contributed by atoms with Crippen LogP contribution in [0.1, 0.15) is 31.9 Å². The minimum Gasteiger partial charge on any atom is -0.106 e. The van der Waals surface area contributed by atoms with Gasteiger partial charge in [-0.1, -0.05) is 25.8 Å². The molecule has 1 heterocycles. The van der Waals surface area contributed by atoms with Crippen molar-refractivity contribution in [3.05, 3.63) is 30.1 Å². The maximum Gasteiger partial charge on any atom is 0.638 e. The lowest BCUT2D eigenvalue weighted by molar-refractivity contribution is -0.859. The van der Waals surface area contributed by atoms with Gasteiger partial charge < -0.3 is 0 Å². The molecule has 0 aliphatic rings. The van der Waals surface area contributed by atoms with Crippen LogP contribution in [0.5, 0.6) is 0 Å². The SMILES string of the molecule is CCCCCc1cccc[n+]1C(F)(F)F. The van der Waals surface area contributed by atoms with Crippen LogP contribution in [-0.4, -0.2) is 0 Å². The molecule has 0 unspecified atom stereocenters. The van der Waals surface area contributed by atoms with Crippen molar-refractivity contribution in [1.29, 1.82) is 0 Å². The lowest BCUT2D eigenvalue weighted by Crippen LogP contribution is -2.50. The van der Waals surface area contributed by atoms with Crippen molar-refractivity contribution < 1.29 is 17.7 Å². The molecule has 0 radical (unpaired) electrons. The summed E-state index contributed by atoms with van der Waals surface area (Å²) in [4.78, 5) is 0. The third kappa shape index (κ3) is 3.53. The first-order valence-corrected chi connectivity index (χ1v) is 5.12. The first-order valence-electron chi connectivity index (χ1n) is 5.12. The fraction of sp³-hybridized carbons (Fsp3) is 0.545. The second-order valence-electron chi connectivity index (χ2n) is 3.49. The van der Waals surface area contributed by atoms with E-state index in [4.69, 9.17) is 0 Å². The van der Waals surface area contributed by atoms with Gasteiger partial charge in [-0.05, 0) is 6.42 Å². The first-order chi connectivity index (χ1) is 7.05. The van der Waals surface area contributed by atoms with Gasteiger partial charge in [0.1, 0.15) is 0 Å². The minimum atomic E-state index is -4.30. The maximum atomic E-state index is 12.5. The third-order valence-corrected chi connectivity index (χ3v) is 2.25. The summed E-state index contributed by atoms with van der Waals surface area (Å²) in [7, 11) is 0. The highest BCUT2D eigenvalue weighted by atomic mass is 19.4. The molecule has 1 rings (SSSR count). The van der Waals surface area contributed by atoms with E-state index >= 15 is 0 Å². The van der Waals surface area contributed by atoms with Crippen molar-refractivity contribution >= 4 is 0 Å². The molecular weight excluding hydrogens is 203 g/mol. The van der Waals surface area contributed by atoms with E-state index in [1.807, 2.05) is 6.92 Å². The van der Waals surface area contributed by atoms with Crippen molar-refractivity contribution in [2.75, 3.05) is 0 Å². The summed E-state index contributed by atoms with van der Waals surface area (Å²) in [6.45, 7) is 2.03. The fourth-order valence-electron chi connectivity index (χ4n) is 1.49. The summed E-state index contributed by atoms with van der Waals surface area (Å²) < 4.78 is 38.0. The summed E-state index contributed by atoms with van der Waals surface area (Å²) in [6, 6.07) is 4.57. The van der Waals surface area contributed by atoms with E-state index in [1.54, 1.807) is 6.07 Å². The molecule has 1 aromatic rings. The molecule has 0 N–H and O–H groups in total. The molecule has 0 spiro atoms. The van der Waals surface area contributed by atoms with Crippen molar-refractivity contribution in [3.63, 3.8) is 0 Å². The molecule has 0 amide bonds. The molecule has 1 nitrogen and oxygen atoms in total. The summed E-state index contributed by atoms with van der Waals surface area (Å²) in [5, 5.41) is 0. The maximum absolute atomic E-state index is 12.5. The number of aromatic nitrogens is 1. The van der Waals surface area contributed by atoms with Gasteiger partial charge in [0.05, 0.1) is 0 Å². The highest BCUT2D eigenvalue weighted by Gasteiger charge is 2.43. The van der Waals surface area contributed by atoms with Gasteiger partial charge in [-0.25, -0.2) is 0 Å². The van der Waals surface area contributed by atoms with Crippen LogP contribution in [-0.2, 0) is 12.7 Å². The Labute approximate surface area is 87.5 Å². The molecule has 0 bridgehead atoms. The van der Waals surface area contributed by atoms with E-state index in [0.717, 1.165) is 25.5 Å². The standard InChI is InChI=1S/C11H15F3N/c1-2-3-4-7-10-8-5-6-9-15(10)11(12,13)14/h5-6,8-9H,2-4,7H2,1H3/q+1. The molecule has 0 atom stereocenters. The number of hydrogen-bond acceptors (Lipinski definition) is 0. The molecule has 84 valence electrons. The molecule has 0 aromatic carbocycles. The van der Waals surface area contributed by atoms with Gasteiger partial charge in [0.2, 0.25) is 0 Å². The van der Waals surface area contributed by atoms with E-state index in [1.165, 1.54) is 12.1 Å². The highest BCUT2D eigenvalue weighted by Crippen LogP contribution is 2.15. The van der Waals surface area contributed by atoms with Crippen LogP contribution in [0.15, 0.2) is 24.4 Å².